The van der Waals surface area contributed by atoms with Crippen LogP contribution in [0.1, 0.15) is 0 Å². The monoisotopic (exact) mass is 153 g/mol. The molecule has 0 N–H and O–H groups in total. The highest BCUT2D eigenvalue weighted by Gasteiger charge is 1.92. The molecular weight excluding hydrogens is 144 g/mol. The van der Waals surface area contributed by atoms with Gasteiger partial charge in [-0.1, -0.05) is 0 Å². The van der Waals surface area contributed by atoms with Gasteiger partial charge in [0.2, 0.25) is 0 Å². The first kappa shape index (κ1) is 8.60. The number of hydrogen-bond donors (Lipinski definition) is 0. The molecule has 0 spiro atoms. The number of nitrogens with zero attached hydrogens (tertiary/aromatic N) is 1. The van der Waals surface area contributed by atoms with Crippen molar-refractivity contribution in [3.63, 3.8) is 0 Å². The van der Waals surface area contributed by atoms with Gasteiger partial charge < -0.3 is 4.81 Å². The fourth-order valence-electron chi connectivity index (χ4n) is 0.400. The van der Waals surface area contributed by atoms with Crippen LogP contribution in [0.15, 0.2) is 0 Å². The second-order valence-corrected chi connectivity index (χ2v) is 2.44. The van der Waals surface area contributed by atoms with Crippen molar-refractivity contribution in [2.75, 3.05) is 24.8 Å². The van der Waals surface area contributed by atoms with Gasteiger partial charge >= 0.3 is 0 Å². The maximum Gasteiger partial charge on any atom is 0.185 e. The molecule has 0 radical (unpaired) electrons. The van der Waals surface area contributed by atoms with Gasteiger partial charge in [-0.25, -0.2) is 0 Å². The Labute approximate surface area is 61.4 Å². The van der Waals surface area contributed by atoms with E-state index in [1.165, 1.54) is 0 Å². The smallest absolute Gasteiger partial charge is 0.185 e. The lowest BCUT2D eigenvalue weighted by atomic mass is 10.3. The largest absolute Gasteiger partial charge is 0.347 e. The molecule has 0 unspecified atom stereocenters. The predicted molar refractivity (Wildman–Crippen MR) is 41.6 cm³/mol. The van der Waals surface area contributed by atoms with Gasteiger partial charge in [-0.15, -0.1) is 23.2 Å². The molecule has 0 bridgehead atoms. The molecule has 1 nitrogen and oxygen atoms in total. The van der Waals surface area contributed by atoms with Crippen molar-refractivity contribution in [2.45, 2.75) is 0 Å². The zero-order valence-corrected chi connectivity index (χ0v) is 6.54. The maximum absolute atomic E-state index is 5.45. The Kier molecular flexibility index (Phi) is 6.17. The lowest BCUT2D eigenvalue weighted by molar-refractivity contribution is 0.511. The summed E-state index contributed by atoms with van der Waals surface area (Å²) in [4.78, 5) is 2.10. The lowest BCUT2D eigenvalue weighted by Crippen LogP contribution is -2.24. The SMILES string of the molecule is BN(CCCl)CCCl. The third-order valence-electron chi connectivity index (χ3n) is 0.932. The summed E-state index contributed by atoms with van der Waals surface area (Å²) in [5.74, 6) is 1.38. The Morgan fingerprint density at radius 3 is 1.75 bits per heavy atom. The molecule has 0 atom stereocenters. The van der Waals surface area contributed by atoms with Gasteiger partial charge in [0.25, 0.3) is 0 Å². The molecule has 0 heterocycles. The zero-order valence-electron chi connectivity index (χ0n) is 5.03. The van der Waals surface area contributed by atoms with Gasteiger partial charge in [-0.05, 0) is 0 Å². The van der Waals surface area contributed by atoms with Crippen molar-refractivity contribution in [3.8, 4) is 0 Å². The van der Waals surface area contributed by atoms with Crippen LogP contribution in [0.2, 0.25) is 0 Å². The van der Waals surface area contributed by atoms with E-state index in [1.54, 1.807) is 0 Å². The molecule has 48 valence electrons. The minimum absolute atomic E-state index is 0.688. The van der Waals surface area contributed by atoms with Crippen molar-refractivity contribution >= 4 is 31.2 Å². The first-order valence-corrected chi connectivity index (χ1v) is 3.68. The molecule has 0 saturated carbocycles. The fraction of sp³-hybridized carbons (Fsp3) is 1.00. The molecule has 0 aromatic carbocycles. The van der Waals surface area contributed by atoms with E-state index >= 15 is 0 Å². The number of alkyl halides is 2. The van der Waals surface area contributed by atoms with E-state index in [0.717, 1.165) is 13.1 Å². The van der Waals surface area contributed by atoms with Crippen molar-refractivity contribution < 1.29 is 0 Å². The van der Waals surface area contributed by atoms with Crippen LogP contribution in [0.3, 0.4) is 0 Å². The summed E-state index contributed by atoms with van der Waals surface area (Å²) in [7, 11) is 2.00. The summed E-state index contributed by atoms with van der Waals surface area (Å²) in [6.45, 7) is 1.85. The third-order valence-corrected chi connectivity index (χ3v) is 1.27. The number of halogens is 2. The van der Waals surface area contributed by atoms with Crippen molar-refractivity contribution in [1.82, 2.24) is 4.81 Å². The van der Waals surface area contributed by atoms with Crippen LogP contribution < -0.4 is 0 Å². The minimum Gasteiger partial charge on any atom is -0.347 e. The number of hydrogen-bond acceptors (Lipinski definition) is 1. The topological polar surface area (TPSA) is 3.24 Å². The van der Waals surface area contributed by atoms with Crippen LogP contribution in [0.25, 0.3) is 0 Å². The van der Waals surface area contributed by atoms with Crippen LogP contribution in [0.5, 0.6) is 0 Å². The quantitative estimate of drug-likeness (QED) is 0.416. The van der Waals surface area contributed by atoms with E-state index in [-0.39, 0.29) is 0 Å². The number of rotatable bonds is 4. The highest BCUT2D eigenvalue weighted by atomic mass is 35.5. The summed E-state index contributed by atoms with van der Waals surface area (Å²) >= 11 is 10.9. The van der Waals surface area contributed by atoms with Gasteiger partial charge in [0.1, 0.15) is 0 Å². The molecule has 0 aromatic heterocycles. The van der Waals surface area contributed by atoms with E-state index in [4.69, 9.17) is 23.2 Å². The van der Waals surface area contributed by atoms with E-state index in [9.17, 15) is 0 Å². The van der Waals surface area contributed by atoms with E-state index < -0.39 is 0 Å². The highest BCUT2D eigenvalue weighted by molar-refractivity contribution is 6.19. The van der Waals surface area contributed by atoms with Crippen molar-refractivity contribution in [2.24, 2.45) is 0 Å². The molecule has 0 aliphatic rings. The molecule has 8 heavy (non-hydrogen) atoms. The van der Waals surface area contributed by atoms with Gasteiger partial charge in [-0.3, -0.25) is 0 Å². The van der Waals surface area contributed by atoms with Gasteiger partial charge in [0.05, 0.1) is 0 Å². The molecule has 0 saturated heterocycles. The second-order valence-electron chi connectivity index (χ2n) is 1.68. The van der Waals surface area contributed by atoms with Crippen LogP contribution in [0.4, 0.5) is 0 Å². The first-order valence-electron chi connectivity index (χ1n) is 2.61. The Balaban J connectivity index is 2.92. The maximum atomic E-state index is 5.45. The molecule has 4 heteroatoms. The Morgan fingerprint density at radius 1 is 1.12 bits per heavy atom. The van der Waals surface area contributed by atoms with Crippen LogP contribution >= 0.6 is 23.2 Å². The van der Waals surface area contributed by atoms with E-state index in [0.29, 0.717) is 11.8 Å². The minimum atomic E-state index is 0.688. The molecular formula is C4H10BCl2N. The van der Waals surface area contributed by atoms with Crippen LogP contribution in [-0.2, 0) is 0 Å². The highest BCUT2D eigenvalue weighted by Crippen LogP contribution is 1.84. The molecule has 0 fully saturated rings. The Morgan fingerprint density at radius 2 is 1.50 bits per heavy atom. The van der Waals surface area contributed by atoms with Gasteiger partial charge in [-0.2, -0.15) is 0 Å². The normalized spacial score (nSPS) is 10.4. The zero-order chi connectivity index (χ0) is 6.41. The molecule has 0 aromatic rings. The lowest BCUT2D eigenvalue weighted by Gasteiger charge is -2.11. The van der Waals surface area contributed by atoms with Crippen LogP contribution in [-0.4, -0.2) is 37.6 Å². The summed E-state index contributed by atoms with van der Waals surface area (Å²) in [6.07, 6.45) is 0. The average molecular weight is 154 g/mol. The van der Waals surface area contributed by atoms with Gasteiger partial charge in [0.15, 0.2) is 7.98 Å². The predicted octanol–water partition coefficient (Wildman–Crippen LogP) is 0.314. The standard InChI is InChI=1S/C4H10BCl2N/c5-8(3-1-6)4-2-7/h1-5H2. The molecule has 0 aliphatic heterocycles. The van der Waals surface area contributed by atoms with Crippen molar-refractivity contribution in [3.05, 3.63) is 0 Å². The molecule has 0 amide bonds. The second kappa shape index (κ2) is 5.74. The van der Waals surface area contributed by atoms with Crippen LogP contribution in [0, 0.1) is 0 Å². The molecule has 0 aliphatic carbocycles. The van der Waals surface area contributed by atoms with Gasteiger partial charge in [0, 0.05) is 24.8 Å². The summed E-state index contributed by atoms with van der Waals surface area (Å²) in [5, 5.41) is 0. The summed E-state index contributed by atoms with van der Waals surface area (Å²) in [5.41, 5.74) is 0. The Bertz CT molecular complexity index is 47.3. The summed E-state index contributed by atoms with van der Waals surface area (Å²) in [6, 6.07) is 0. The van der Waals surface area contributed by atoms with E-state index in [1.807, 2.05) is 7.98 Å². The Hall–Kier alpha value is 0.605. The third kappa shape index (κ3) is 4.76. The van der Waals surface area contributed by atoms with E-state index in [2.05, 4.69) is 4.81 Å². The molecule has 0 rings (SSSR count). The fourth-order valence-corrected chi connectivity index (χ4v) is 0.977. The average Bonchev–Trinajstić information content (AvgIpc) is 1.68. The summed E-state index contributed by atoms with van der Waals surface area (Å²) < 4.78 is 0. The first-order chi connectivity index (χ1) is 3.81. The van der Waals surface area contributed by atoms with Crippen molar-refractivity contribution in [1.29, 1.82) is 0 Å².